The molecule has 1 heterocycles. The zero-order valence-electron chi connectivity index (χ0n) is 13.5. The molecule has 20 heavy (non-hydrogen) atoms. The second-order valence-corrected chi connectivity index (χ2v) is 7.09. The highest BCUT2D eigenvalue weighted by Gasteiger charge is 2.47. The molecule has 0 saturated carbocycles. The number of aryl methyl sites for hydroxylation is 1. The number of ether oxygens (including phenoxy) is 2. The van der Waals surface area contributed by atoms with Crippen LogP contribution in [-0.4, -0.2) is 17.3 Å². The van der Waals surface area contributed by atoms with Gasteiger partial charge in [0.25, 0.3) is 0 Å². The van der Waals surface area contributed by atoms with Crippen molar-refractivity contribution in [2.24, 2.45) is 5.73 Å². The van der Waals surface area contributed by atoms with Crippen LogP contribution in [0.25, 0.3) is 0 Å². The molecular formula is C17H27NO2. The maximum absolute atomic E-state index is 6.23. The van der Waals surface area contributed by atoms with Crippen LogP contribution in [0.4, 0.5) is 0 Å². The Hall–Kier alpha value is -1.06. The van der Waals surface area contributed by atoms with E-state index in [0.717, 1.165) is 23.3 Å². The minimum absolute atomic E-state index is 0.0490. The van der Waals surface area contributed by atoms with E-state index in [1.54, 1.807) is 0 Å². The van der Waals surface area contributed by atoms with Crippen molar-refractivity contribution < 1.29 is 9.47 Å². The molecule has 1 aliphatic heterocycles. The van der Waals surface area contributed by atoms with Crippen LogP contribution in [0, 0.1) is 6.92 Å². The minimum atomic E-state index is -0.268. The van der Waals surface area contributed by atoms with E-state index in [2.05, 4.69) is 40.7 Å². The predicted octanol–water partition coefficient (Wildman–Crippen LogP) is 3.74. The summed E-state index contributed by atoms with van der Waals surface area (Å²) in [6.45, 7) is 12.5. The number of benzene rings is 1. The van der Waals surface area contributed by atoms with E-state index in [-0.39, 0.29) is 23.3 Å². The SMILES string of the molecule is Cc1cc(C(C)N)ccc1OC1CC(C)(C)OC1(C)C. The standard InChI is InChI=1S/C17H27NO2/c1-11-9-13(12(2)18)7-8-14(11)19-15-10-16(3,4)20-17(15,5)6/h7-9,12,15H,10,18H2,1-6H3. The summed E-state index contributed by atoms with van der Waals surface area (Å²) in [5, 5.41) is 0. The van der Waals surface area contributed by atoms with Crippen LogP contribution in [0.1, 0.15) is 58.2 Å². The van der Waals surface area contributed by atoms with E-state index in [1.807, 2.05) is 19.1 Å². The van der Waals surface area contributed by atoms with E-state index < -0.39 is 0 Å². The zero-order valence-corrected chi connectivity index (χ0v) is 13.5. The lowest BCUT2D eigenvalue weighted by atomic mass is 9.97. The molecule has 1 saturated heterocycles. The van der Waals surface area contributed by atoms with Gasteiger partial charge in [0.2, 0.25) is 0 Å². The van der Waals surface area contributed by atoms with Crippen molar-refractivity contribution in [2.45, 2.75) is 71.3 Å². The summed E-state index contributed by atoms with van der Waals surface area (Å²) < 4.78 is 12.3. The molecule has 3 nitrogen and oxygen atoms in total. The Morgan fingerprint density at radius 3 is 2.40 bits per heavy atom. The average molecular weight is 277 g/mol. The Morgan fingerprint density at radius 2 is 1.95 bits per heavy atom. The molecule has 0 aliphatic carbocycles. The molecule has 3 heteroatoms. The van der Waals surface area contributed by atoms with Crippen molar-refractivity contribution >= 4 is 0 Å². The van der Waals surface area contributed by atoms with Crippen molar-refractivity contribution in [2.75, 3.05) is 0 Å². The molecule has 0 aromatic heterocycles. The Morgan fingerprint density at radius 1 is 1.30 bits per heavy atom. The first-order valence-corrected chi connectivity index (χ1v) is 7.34. The van der Waals surface area contributed by atoms with Gasteiger partial charge in [-0.05, 0) is 58.7 Å². The van der Waals surface area contributed by atoms with E-state index in [4.69, 9.17) is 15.2 Å². The van der Waals surface area contributed by atoms with Gasteiger partial charge in [0, 0.05) is 12.5 Å². The lowest BCUT2D eigenvalue weighted by molar-refractivity contribution is -0.0846. The van der Waals surface area contributed by atoms with E-state index in [9.17, 15) is 0 Å². The highest BCUT2D eigenvalue weighted by molar-refractivity contribution is 5.37. The van der Waals surface area contributed by atoms with Crippen LogP contribution >= 0.6 is 0 Å². The molecule has 0 bridgehead atoms. The Kier molecular flexibility index (Phi) is 3.87. The summed E-state index contributed by atoms with van der Waals surface area (Å²) in [6.07, 6.45) is 0.964. The first kappa shape index (κ1) is 15.3. The van der Waals surface area contributed by atoms with Crippen molar-refractivity contribution in [3.63, 3.8) is 0 Å². The second-order valence-electron chi connectivity index (χ2n) is 7.09. The van der Waals surface area contributed by atoms with Crippen LogP contribution in [-0.2, 0) is 4.74 Å². The maximum atomic E-state index is 6.23. The van der Waals surface area contributed by atoms with Crippen molar-refractivity contribution in [1.82, 2.24) is 0 Å². The van der Waals surface area contributed by atoms with Crippen LogP contribution in [0.15, 0.2) is 18.2 Å². The van der Waals surface area contributed by atoms with Gasteiger partial charge < -0.3 is 15.2 Å². The molecule has 112 valence electrons. The molecule has 1 aliphatic rings. The summed E-state index contributed by atoms with van der Waals surface area (Å²) in [4.78, 5) is 0. The van der Waals surface area contributed by atoms with Crippen LogP contribution < -0.4 is 10.5 Å². The lowest BCUT2D eigenvalue weighted by Gasteiger charge is -2.28. The normalized spacial score (nSPS) is 25.4. The fraction of sp³-hybridized carbons (Fsp3) is 0.647. The number of nitrogens with two attached hydrogens (primary N) is 1. The molecular weight excluding hydrogens is 250 g/mol. The minimum Gasteiger partial charge on any atom is -0.487 e. The largest absolute Gasteiger partial charge is 0.487 e. The average Bonchev–Trinajstić information content (AvgIpc) is 2.49. The summed E-state index contributed by atoms with van der Waals surface area (Å²) in [5.41, 5.74) is 7.78. The van der Waals surface area contributed by atoms with Gasteiger partial charge in [0.05, 0.1) is 5.60 Å². The third kappa shape index (κ3) is 3.15. The van der Waals surface area contributed by atoms with Crippen LogP contribution in [0.2, 0.25) is 0 Å². The van der Waals surface area contributed by atoms with Gasteiger partial charge in [0.1, 0.15) is 17.5 Å². The third-order valence-corrected chi connectivity index (χ3v) is 3.99. The topological polar surface area (TPSA) is 44.5 Å². The molecule has 0 spiro atoms. The molecule has 1 aromatic rings. The second kappa shape index (κ2) is 5.05. The molecule has 2 N–H and O–H groups in total. The van der Waals surface area contributed by atoms with Crippen molar-refractivity contribution in [3.05, 3.63) is 29.3 Å². The van der Waals surface area contributed by atoms with Gasteiger partial charge >= 0.3 is 0 Å². The summed E-state index contributed by atoms with van der Waals surface area (Å²) in [6, 6.07) is 6.22. The third-order valence-electron chi connectivity index (χ3n) is 3.99. The van der Waals surface area contributed by atoms with Crippen LogP contribution in [0.3, 0.4) is 0 Å². The monoisotopic (exact) mass is 277 g/mol. The highest BCUT2D eigenvalue weighted by Crippen LogP contribution is 2.40. The van der Waals surface area contributed by atoms with E-state index >= 15 is 0 Å². The summed E-state index contributed by atoms with van der Waals surface area (Å²) >= 11 is 0. The summed E-state index contributed by atoms with van der Waals surface area (Å²) in [7, 11) is 0. The molecule has 1 aromatic carbocycles. The Labute approximate surface area is 122 Å². The number of hydrogen-bond donors (Lipinski definition) is 1. The predicted molar refractivity (Wildman–Crippen MR) is 82.1 cm³/mol. The first-order chi connectivity index (χ1) is 9.11. The Balaban J connectivity index is 2.18. The van der Waals surface area contributed by atoms with E-state index in [0.29, 0.717) is 0 Å². The number of rotatable bonds is 3. The molecule has 1 fully saturated rings. The molecule has 0 radical (unpaired) electrons. The van der Waals surface area contributed by atoms with Gasteiger partial charge in [-0.2, -0.15) is 0 Å². The fourth-order valence-corrected chi connectivity index (χ4v) is 2.94. The maximum Gasteiger partial charge on any atom is 0.130 e. The van der Waals surface area contributed by atoms with Crippen molar-refractivity contribution in [1.29, 1.82) is 0 Å². The lowest BCUT2D eigenvalue weighted by Crippen LogP contribution is -2.36. The van der Waals surface area contributed by atoms with Gasteiger partial charge in [0.15, 0.2) is 0 Å². The van der Waals surface area contributed by atoms with Gasteiger partial charge in [-0.3, -0.25) is 0 Å². The number of hydrogen-bond acceptors (Lipinski definition) is 3. The zero-order chi connectivity index (χ0) is 15.1. The quantitative estimate of drug-likeness (QED) is 0.915. The molecule has 0 amide bonds. The van der Waals surface area contributed by atoms with Gasteiger partial charge in [-0.25, -0.2) is 0 Å². The Bertz CT molecular complexity index is 492. The molecule has 2 atom stereocenters. The van der Waals surface area contributed by atoms with Crippen molar-refractivity contribution in [3.8, 4) is 5.75 Å². The van der Waals surface area contributed by atoms with E-state index in [1.165, 1.54) is 0 Å². The first-order valence-electron chi connectivity index (χ1n) is 7.34. The van der Waals surface area contributed by atoms with Crippen LogP contribution in [0.5, 0.6) is 5.75 Å². The van der Waals surface area contributed by atoms with Gasteiger partial charge in [-0.1, -0.05) is 12.1 Å². The highest BCUT2D eigenvalue weighted by atomic mass is 16.6. The smallest absolute Gasteiger partial charge is 0.130 e. The van der Waals surface area contributed by atoms with Gasteiger partial charge in [-0.15, -0.1) is 0 Å². The molecule has 2 rings (SSSR count). The fourth-order valence-electron chi connectivity index (χ4n) is 2.94. The summed E-state index contributed by atoms with van der Waals surface area (Å²) in [5.74, 6) is 0.925. The molecule has 2 unspecified atom stereocenters.